The maximum absolute atomic E-state index is 10.2. The van der Waals surface area contributed by atoms with Gasteiger partial charge in [0.1, 0.15) is 0 Å². The van der Waals surface area contributed by atoms with Crippen LogP contribution in [-0.2, 0) is 16.5 Å². The second kappa shape index (κ2) is 6.68. The third-order valence-electron chi connectivity index (χ3n) is 1.44. The number of hydrogen-bond donors (Lipinski definition) is 0. The fourth-order valence-electron chi connectivity index (χ4n) is 0.888. The molecule has 0 aliphatic rings. The van der Waals surface area contributed by atoms with Crippen LogP contribution in [0.1, 0.15) is 12.0 Å². The van der Waals surface area contributed by atoms with Gasteiger partial charge in [-0.3, -0.25) is 0 Å². The zero-order valence-electron chi connectivity index (χ0n) is 7.39. The van der Waals surface area contributed by atoms with Crippen LogP contribution in [0.5, 0.6) is 0 Å². The summed E-state index contributed by atoms with van der Waals surface area (Å²) in [5, 5.41) is 3.89. The van der Waals surface area contributed by atoms with Gasteiger partial charge < -0.3 is 4.55 Å². The first-order valence-corrected chi connectivity index (χ1v) is 6.04. The smallest absolute Gasteiger partial charge is 0.748 e. The first-order valence-electron chi connectivity index (χ1n) is 3.52. The summed E-state index contributed by atoms with van der Waals surface area (Å²) in [6.07, 6.45) is 1.09. The first-order chi connectivity index (χ1) is 5.58. The molecular weight excluding hydrogens is 235 g/mol. The first kappa shape index (κ1) is 14.2. The molecule has 0 spiro atoms. The maximum atomic E-state index is 10.2. The fraction of sp³-hybridized carbons (Fsp3) is 0.429. The summed E-state index contributed by atoms with van der Waals surface area (Å²) in [5.41, 5.74) is 1.10. The Bertz CT molecular complexity index is 318. The summed E-state index contributed by atoms with van der Waals surface area (Å²) in [7, 11) is -4.02. The van der Waals surface area contributed by atoms with Gasteiger partial charge >= 0.3 is 51.4 Å². The van der Waals surface area contributed by atoms with E-state index in [0.717, 1.165) is 5.56 Å². The number of aryl methyl sites for hydroxylation is 1. The topological polar surface area (TPSA) is 57.2 Å². The van der Waals surface area contributed by atoms with Crippen LogP contribution in [0.4, 0.5) is 0 Å². The Labute approximate surface area is 125 Å². The van der Waals surface area contributed by atoms with Gasteiger partial charge in [0, 0.05) is 5.75 Å². The Morgan fingerprint density at radius 1 is 1.46 bits per heavy atom. The van der Waals surface area contributed by atoms with Crippen molar-refractivity contribution in [2.45, 2.75) is 12.8 Å². The molecule has 0 aromatic carbocycles. The monoisotopic (exact) mass is 244 g/mol. The standard InChI is InChI=1S/C7H10O3S2.K/c8-12(9,10)5-1-2-7-3-4-11-6-7;/h3-4,6H,1-2,5H2,(H,8,9,10);/q;+1/p-1. The molecule has 1 rings (SSSR count). The van der Waals surface area contributed by atoms with Crippen molar-refractivity contribution < 1.29 is 64.4 Å². The van der Waals surface area contributed by atoms with Gasteiger partial charge in [0.2, 0.25) is 0 Å². The van der Waals surface area contributed by atoms with Crippen molar-refractivity contribution in [3.05, 3.63) is 22.4 Å². The van der Waals surface area contributed by atoms with Crippen LogP contribution in [0.3, 0.4) is 0 Å². The normalized spacial score (nSPS) is 10.8. The van der Waals surface area contributed by atoms with Crippen LogP contribution in [-0.4, -0.2) is 18.7 Å². The summed E-state index contributed by atoms with van der Waals surface area (Å²) in [6, 6.07) is 1.93. The summed E-state index contributed by atoms with van der Waals surface area (Å²) in [4.78, 5) is 0. The van der Waals surface area contributed by atoms with Gasteiger partial charge in [-0.05, 0) is 35.2 Å². The molecule has 1 heterocycles. The minimum absolute atomic E-state index is 0. The van der Waals surface area contributed by atoms with Crippen LogP contribution in [0, 0.1) is 0 Å². The van der Waals surface area contributed by atoms with E-state index in [1.54, 1.807) is 11.3 Å². The minimum atomic E-state index is -4.02. The van der Waals surface area contributed by atoms with E-state index in [2.05, 4.69) is 0 Å². The van der Waals surface area contributed by atoms with Crippen molar-refractivity contribution in [3.63, 3.8) is 0 Å². The van der Waals surface area contributed by atoms with Crippen molar-refractivity contribution >= 4 is 21.5 Å². The van der Waals surface area contributed by atoms with Crippen molar-refractivity contribution in [1.82, 2.24) is 0 Å². The molecule has 0 aliphatic carbocycles. The molecule has 68 valence electrons. The zero-order chi connectivity index (χ0) is 9.03. The van der Waals surface area contributed by atoms with Gasteiger partial charge in [-0.25, -0.2) is 8.42 Å². The molecular formula is C7H9KO3S2. The third kappa shape index (κ3) is 7.21. The largest absolute Gasteiger partial charge is 1.00 e. The molecule has 3 nitrogen and oxygen atoms in total. The molecule has 0 saturated carbocycles. The molecule has 0 aliphatic heterocycles. The Kier molecular flexibility index (Phi) is 7.32. The van der Waals surface area contributed by atoms with E-state index in [4.69, 9.17) is 0 Å². The van der Waals surface area contributed by atoms with Gasteiger partial charge in [0.15, 0.2) is 0 Å². The van der Waals surface area contributed by atoms with Crippen molar-refractivity contribution in [2.24, 2.45) is 0 Å². The van der Waals surface area contributed by atoms with Gasteiger partial charge in [0.25, 0.3) is 0 Å². The SMILES string of the molecule is O=S(=O)([O-])CCCc1ccsc1.[K+]. The van der Waals surface area contributed by atoms with Gasteiger partial charge in [-0.15, -0.1) is 0 Å². The average molecular weight is 244 g/mol. The molecule has 0 bridgehead atoms. The summed E-state index contributed by atoms with van der Waals surface area (Å²) < 4.78 is 30.6. The van der Waals surface area contributed by atoms with Crippen LogP contribution in [0.15, 0.2) is 16.8 Å². The predicted molar refractivity (Wildman–Crippen MR) is 47.2 cm³/mol. The van der Waals surface area contributed by atoms with Gasteiger partial charge in [0.05, 0.1) is 10.1 Å². The average Bonchev–Trinajstić information content (AvgIpc) is 2.36. The molecule has 0 amide bonds. The summed E-state index contributed by atoms with van der Waals surface area (Å²) in [6.45, 7) is 0. The summed E-state index contributed by atoms with van der Waals surface area (Å²) >= 11 is 1.57. The van der Waals surface area contributed by atoms with Gasteiger partial charge in [-0.1, -0.05) is 0 Å². The molecule has 13 heavy (non-hydrogen) atoms. The van der Waals surface area contributed by atoms with E-state index in [0.29, 0.717) is 12.8 Å². The van der Waals surface area contributed by atoms with Crippen LogP contribution >= 0.6 is 11.3 Å². The van der Waals surface area contributed by atoms with Crippen LogP contribution < -0.4 is 51.4 Å². The van der Waals surface area contributed by atoms with E-state index in [1.165, 1.54) is 0 Å². The second-order valence-corrected chi connectivity index (χ2v) is 4.80. The molecule has 0 atom stereocenters. The molecule has 6 heteroatoms. The predicted octanol–water partition coefficient (Wildman–Crippen LogP) is -1.77. The fourth-order valence-corrected chi connectivity index (χ4v) is 2.09. The van der Waals surface area contributed by atoms with E-state index in [9.17, 15) is 13.0 Å². The van der Waals surface area contributed by atoms with E-state index in [1.807, 2.05) is 16.8 Å². The van der Waals surface area contributed by atoms with Crippen LogP contribution in [0.2, 0.25) is 0 Å². The Hall–Kier alpha value is 1.25. The Balaban J connectivity index is 0.00000144. The number of thiophene rings is 1. The number of rotatable bonds is 4. The molecule has 0 saturated heterocycles. The van der Waals surface area contributed by atoms with Crippen LogP contribution in [0.25, 0.3) is 0 Å². The minimum Gasteiger partial charge on any atom is -0.748 e. The summed E-state index contributed by atoms with van der Waals surface area (Å²) in [5.74, 6) is -0.261. The molecule has 0 radical (unpaired) electrons. The number of hydrogen-bond acceptors (Lipinski definition) is 4. The zero-order valence-corrected chi connectivity index (χ0v) is 12.2. The van der Waals surface area contributed by atoms with Crippen molar-refractivity contribution in [2.75, 3.05) is 5.75 Å². The van der Waals surface area contributed by atoms with E-state index in [-0.39, 0.29) is 57.1 Å². The molecule has 1 aromatic heterocycles. The van der Waals surface area contributed by atoms with Gasteiger partial charge in [-0.2, -0.15) is 11.3 Å². The van der Waals surface area contributed by atoms with E-state index >= 15 is 0 Å². The Morgan fingerprint density at radius 3 is 2.62 bits per heavy atom. The molecule has 1 aromatic rings. The maximum Gasteiger partial charge on any atom is 1.00 e. The molecule has 0 fully saturated rings. The molecule has 0 N–H and O–H groups in total. The van der Waals surface area contributed by atoms with Crippen molar-refractivity contribution in [1.29, 1.82) is 0 Å². The van der Waals surface area contributed by atoms with Crippen molar-refractivity contribution in [3.8, 4) is 0 Å². The molecule has 0 unspecified atom stereocenters. The second-order valence-electron chi connectivity index (χ2n) is 2.50. The van der Waals surface area contributed by atoms with E-state index < -0.39 is 10.1 Å². The quantitative estimate of drug-likeness (QED) is 0.465. The third-order valence-corrected chi connectivity index (χ3v) is 2.96. The Morgan fingerprint density at radius 2 is 2.15 bits per heavy atom.